The van der Waals surface area contributed by atoms with E-state index in [1.165, 1.54) is 27.4 Å². The molecule has 1 aromatic heterocycles. The number of thioether (sulfide) groups is 1. The van der Waals surface area contributed by atoms with Crippen LogP contribution < -0.4 is 9.62 Å². The van der Waals surface area contributed by atoms with Gasteiger partial charge >= 0.3 is 0 Å². The zero-order valence-electron chi connectivity index (χ0n) is 16.0. The summed E-state index contributed by atoms with van der Waals surface area (Å²) in [7, 11) is -3.67. The Hall–Kier alpha value is -1.65. The zero-order valence-corrected chi connectivity index (χ0v) is 18.5. The van der Waals surface area contributed by atoms with Gasteiger partial charge in [0.25, 0.3) is 0 Å². The number of carbonyl (C=O) groups is 1. The maximum atomic E-state index is 12.9. The number of carbonyl (C=O) groups excluding carboxylic acids is 1. The van der Waals surface area contributed by atoms with Crippen LogP contribution in [0, 0.1) is 13.8 Å². The first-order chi connectivity index (χ1) is 12.7. The fourth-order valence-electron chi connectivity index (χ4n) is 2.77. The van der Waals surface area contributed by atoms with Crippen molar-refractivity contribution >= 4 is 49.8 Å². The summed E-state index contributed by atoms with van der Waals surface area (Å²) in [5.74, 6) is 0.431. The summed E-state index contributed by atoms with van der Waals surface area (Å²) in [6.45, 7) is 7.58. The summed E-state index contributed by atoms with van der Waals surface area (Å²) >= 11 is 2.81. The Morgan fingerprint density at radius 3 is 2.37 bits per heavy atom. The van der Waals surface area contributed by atoms with Gasteiger partial charge < -0.3 is 0 Å². The van der Waals surface area contributed by atoms with Crippen molar-refractivity contribution in [2.75, 3.05) is 21.6 Å². The normalized spacial score (nSPS) is 12.6. The van der Waals surface area contributed by atoms with E-state index in [0.717, 1.165) is 27.5 Å². The molecule has 1 N–H and O–H groups in total. The number of nitrogens with zero attached hydrogens (tertiary/aromatic N) is 3. The van der Waals surface area contributed by atoms with Gasteiger partial charge in [0.15, 0.2) is 4.34 Å². The maximum Gasteiger partial charge on any atom is 0.250 e. The number of benzene rings is 1. The predicted molar refractivity (Wildman–Crippen MR) is 112 cm³/mol. The summed E-state index contributed by atoms with van der Waals surface area (Å²) in [6.07, 6.45) is 1.43. The molecule has 2 aromatic rings. The Kier molecular flexibility index (Phi) is 7.24. The number of amides is 1. The van der Waals surface area contributed by atoms with Crippen LogP contribution in [0.5, 0.6) is 0 Å². The van der Waals surface area contributed by atoms with Crippen molar-refractivity contribution < 1.29 is 13.2 Å². The number of hydrogen-bond acceptors (Lipinski definition) is 7. The third-order valence-electron chi connectivity index (χ3n) is 3.70. The molecule has 0 bridgehead atoms. The molecule has 0 aliphatic rings. The lowest BCUT2D eigenvalue weighted by Crippen LogP contribution is -2.47. The molecule has 0 radical (unpaired) electrons. The maximum absolute atomic E-state index is 12.9. The summed E-state index contributed by atoms with van der Waals surface area (Å²) in [6, 6.07) is 4.61. The van der Waals surface area contributed by atoms with Crippen LogP contribution in [0.2, 0.25) is 0 Å². The van der Waals surface area contributed by atoms with Gasteiger partial charge in [-0.15, -0.1) is 10.2 Å². The summed E-state index contributed by atoms with van der Waals surface area (Å²) in [5, 5.41) is 11.0. The Labute approximate surface area is 168 Å². The van der Waals surface area contributed by atoms with E-state index in [2.05, 4.69) is 15.5 Å². The zero-order chi connectivity index (χ0) is 20.2. The highest BCUT2D eigenvalue weighted by molar-refractivity contribution is 8.01. The van der Waals surface area contributed by atoms with E-state index in [9.17, 15) is 13.2 Å². The molecule has 7 nitrogen and oxygen atoms in total. The topological polar surface area (TPSA) is 92.3 Å². The Morgan fingerprint density at radius 1 is 1.22 bits per heavy atom. The number of aromatic nitrogens is 2. The number of hydrogen-bond donors (Lipinski definition) is 1. The largest absolute Gasteiger partial charge is 0.299 e. The number of rotatable bonds is 8. The minimum Gasteiger partial charge on any atom is -0.299 e. The van der Waals surface area contributed by atoms with Gasteiger partial charge in [-0.2, -0.15) is 0 Å². The Balaban J connectivity index is 2.35. The molecule has 0 unspecified atom stereocenters. The van der Waals surface area contributed by atoms with Crippen LogP contribution in [-0.2, 0) is 14.8 Å². The first-order valence-electron chi connectivity index (χ1n) is 8.50. The average molecular weight is 429 g/mol. The minimum absolute atomic E-state index is 0.321. The molecule has 0 saturated carbocycles. The highest BCUT2D eigenvalue weighted by Gasteiger charge is 2.32. The number of sulfonamides is 1. The number of nitrogens with one attached hydrogen (secondary N) is 1. The van der Waals surface area contributed by atoms with E-state index < -0.39 is 22.0 Å². The van der Waals surface area contributed by atoms with Crippen LogP contribution >= 0.6 is 23.1 Å². The van der Waals surface area contributed by atoms with E-state index in [1.807, 2.05) is 26.8 Å². The fraction of sp³-hybridized carbons (Fsp3) is 0.471. The van der Waals surface area contributed by atoms with Crippen molar-refractivity contribution in [1.29, 1.82) is 0 Å². The molecular formula is C17H24N4O3S3. The smallest absolute Gasteiger partial charge is 0.250 e. The van der Waals surface area contributed by atoms with Crippen LogP contribution in [0.15, 0.2) is 22.5 Å². The van der Waals surface area contributed by atoms with E-state index >= 15 is 0 Å². The molecule has 0 aliphatic heterocycles. The number of aryl methyl sites for hydroxylation is 2. The van der Waals surface area contributed by atoms with Crippen molar-refractivity contribution in [2.24, 2.45) is 0 Å². The van der Waals surface area contributed by atoms with Crippen molar-refractivity contribution in [3.05, 3.63) is 29.3 Å². The molecular weight excluding hydrogens is 404 g/mol. The molecule has 0 fully saturated rings. The highest BCUT2D eigenvalue weighted by atomic mass is 32.2. The van der Waals surface area contributed by atoms with Crippen molar-refractivity contribution in [2.45, 2.75) is 44.5 Å². The lowest BCUT2D eigenvalue weighted by molar-refractivity contribution is -0.117. The number of anilines is 2. The van der Waals surface area contributed by atoms with Gasteiger partial charge in [0, 0.05) is 0 Å². The van der Waals surface area contributed by atoms with Crippen molar-refractivity contribution in [1.82, 2.24) is 10.2 Å². The SMILES string of the molecule is CCSc1nnc(NC(=O)[C@H](CC)N(c2cc(C)cc(C)c2)S(C)(=O)=O)s1. The fourth-order valence-corrected chi connectivity index (χ4v) is 5.62. The van der Waals surface area contributed by atoms with Gasteiger partial charge in [-0.3, -0.25) is 14.4 Å². The summed E-state index contributed by atoms with van der Waals surface area (Å²) in [5.41, 5.74) is 2.34. The van der Waals surface area contributed by atoms with Crippen molar-refractivity contribution in [3.8, 4) is 0 Å². The molecule has 27 heavy (non-hydrogen) atoms. The second-order valence-electron chi connectivity index (χ2n) is 6.12. The molecule has 1 aromatic carbocycles. The van der Waals surface area contributed by atoms with E-state index in [-0.39, 0.29) is 0 Å². The highest BCUT2D eigenvalue weighted by Crippen LogP contribution is 2.28. The van der Waals surface area contributed by atoms with Gasteiger partial charge in [0.2, 0.25) is 21.1 Å². The lowest BCUT2D eigenvalue weighted by atomic mass is 10.1. The predicted octanol–water partition coefficient (Wildman–Crippen LogP) is 3.45. The minimum atomic E-state index is -3.67. The van der Waals surface area contributed by atoms with Gasteiger partial charge in [-0.25, -0.2) is 8.42 Å². The Bertz CT molecular complexity index is 892. The molecule has 0 aliphatic carbocycles. The van der Waals surface area contributed by atoms with Crippen LogP contribution in [0.4, 0.5) is 10.8 Å². The third-order valence-corrected chi connectivity index (χ3v) is 6.73. The van der Waals surface area contributed by atoms with Crippen LogP contribution in [-0.4, -0.2) is 42.6 Å². The molecule has 2 rings (SSSR count). The van der Waals surface area contributed by atoms with Crippen LogP contribution in [0.1, 0.15) is 31.4 Å². The molecule has 0 spiro atoms. The van der Waals surface area contributed by atoms with Crippen molar-refractivity contribution in [3.63, 3.8) is 0 Å². The van der Waals surface area contributed by atoms with Gasteiger partial charge in [-0.05, 0) is 49.3 Å². The van der Waals surface area contributed by atoms with Gasteiger partial charge in [0.1, 0.15) is 6.04 Å². The second-order valence-corrected chi connectivity index (χ2v) is 10.5. The first kappa shape index (κ1) is 21.6. The van der Waals surface area contributed by atoms with Gasteiger partial charge in [0.05, 0.1) is 11.9 Å². The van der Waals surface area contributed by atoms with E-state index in [4.69, 9.17) is 0 Å². The van der Waals surface area contributed by atoms with E-state index in [0.29, 0.717) is 17.2 Å². The lowest BCUT2D eigenvalue weighted by Gasteiger charge is -2.30. The molecule has 1 heterocycles. The average Bonchev–Trinajstić information content (AvgIpc) is 2.97. The molecule has 148 valence electrons. The molecule has 10 heteroatoms. The third kappa shape index (κ3) is 5.66. The monoisotopic (exact) mass is 428 g/mol. The van der Waals surface area contributed by atoms with E-state index in [1.54, 1.807) is 19.1 Å². The Morgan fingerprint density at radius 2 is 1.85 bits per heavy atom. The van der Waals surface area contributed by atoms with Crippen LogP contribution in [0.25, 0.3) is 0 Å². The summed E-state index contributed by atoms with van der Waals surface area (Å²) < 4.78 is 27.0. The molecule has 1 amide bonds. The van der Waals surface area contributed by atoms with Crippen LogP contribution in [0.3, 0.4) is 0 Å². The van der Waals surface area contributed by atoms with Gasteiger partial charge in [-0.1, -0.05) is 43.0 Å². The quantitative estimate of drug-likeness (QED) is 0.511. The standard InChI is InChI=1S/C17H24N4O3S3/c1-6-14(15(22)18-16-19-20-17(26-16)25-7-2)21(27(5,23)24)13-9-11(3)8-12(4)10-13/h8-10,14H,6-7H2,1-5H3,(H,18,19,22)/t14-/m0/s1. The molecule has 1 atom stereocenters. The first-order valence-corrected chi connectivity index (χ1v) is 12.2. The summed E-state index contributed by atoms with van der Waals surface area (Å²) in [4.78, 5) is 12.9. The second kappa shape index (κ2) is 9.03. The molecule has 0 saturated heterocycles.